The predicted molar refractivity (Wildman–Crippen MR) is 225 cm³/mol. The molecule has 248 valence electrons. The number of aromatic nitrogens is 1. The van der Waals surface area contributed by atoms with E-state index >= 15 is 0 Å². The molecule has 1 aliphatic rings. The number of aliphatic imine (C=N–C) groups is 1. The van der Waals surface area contributed by atoms with Crippen LogP contribution in [0.3, 0.4) is 0 Å². The first-order chi connectivity index (χ1) is 26.3. The summed E-state index contributed by atoms with van der Waals surface area (Å²) in [5.74, 6) is 0. The van der Waals surface area contributed by atoms with Crippen LogP contribution in [0.2, 0.25) is 0 Å². The van der Waals surface area contributed by atoms with Crippen LogP contribution in [0.4, 0.5) is 5.69 Å². The number of benzene rings is 8. The van der Waals surface area contributed by atoms with Gasteiger partial charge in [0, 0.05) is 36.6 Å². The molecule has 53 heavy (non-hydrogen) atoms. The number of thiophene rings is 1. The molecule has 3 heterocycles. The summed E-state index contributed by atoms with van der Waals surface area (Å²) >= 11 is 1.88. The third-order valence-corrected chi connectivity index (χ3v) is 12.3. The molecule has 2 nitrogen and oxygen atoms in total. The topological polar surface area (TPSA) is 17.3 Å². The Morgan fingerprint density at radius 2 is 1.08 bits per heavy atom. The third kappa shape index (κ3) is 4.35. The van der Waals surface area contributed by atoms with Crippen molar-refractivity contribution >= 4 is 64.7 Å². The highest BCUT2D eigenvalue weighted by Crippen LogP contribution is 2.54. The largest absolute Gasteiger partial charge is 0.309 e. The Kier molecular flexibility index (Phi) is 6.67. The van der Waals surface area contributed by atoms with Crippen molar-refractivity contribution in [3.05, 3.63) is 216 Å². The number of hydrogen-bond acceptors (Lipinski definition) is 2. The first-order valence-electron chi connectivity index (χ1n) is 18.1. The van der Waals surface area contributed by atoms with Crippen molar-refractivity contribution in [2.75, 3.05) is 0 Å². The molecule has 11 rings (SSSR count). The van der Waals surface area contributed by atoms with Gasteiger partial charge in [0.2, 0.25) is 0 Å². The fraction of sp³-hybridized carbons (Fsp3) is 0.0200. The molecule has 0 saturated heterocycles. The van der Waals surface area contributed by atoms with Gasteiger partial charge in [0.15, 0.2) is 0 Å². The fourth-order valence-corrected chi connectivity index (χ4v) is 10.1. The highest BCUT2D eigenvalue weighted by atomic mass is 32.1. The van der Waals surface area contributed by atoms with Crippen LogP contribution in [0.25, 0.3) is 58.8 Å². The van der Waals surface area contributed by atoms with Gasteiger partial charge in [-0.3, -0.25) is 4.99 Å². The van der Waals surface area contributed by atoms with Gasteiger partial charge < -0.3 is 4.57 Å². The van der Waals surface area contributed by atoms with Crippen molar-refractivity contribution in [1.82, 2.24) is 4.57 Å². The van der Waals surface area contributed by atoms with E-state index in [1.54, 1.807) is 0 Å². The van der Waals surface area contributed by atoms with Crippen molar-refractivity contribution in [1.29, 1.82) is 0 Å². The molecule has 0 fully saturated rings. The molecule has 0 unspecified atom stereocenters. The van der Waals surface area contributed by atoms with Gasteiger partial charge in [-0.1, -0.05) is 164 Å². The molecule has 10 aromatic rings. The second-order valence-corrected chi connectivity index (χ2v) is 14.9. The molecule has 0 N–H and O–H groups in total. The lowest BCUT2D eigenvalue weighted by atomic mass is 9.65. The van der Waals surface area contributed by atoms with E-state index in [0.717, 1.165) is 28.2 Å². The summed E-state index contributed by atoms with van der Waals surface area (Å²) in [6.45, 7) is 0. The van der Waals surface area contributed by atoms with Crippen LogP contribution < -0.4 is 0 Å². The van der Waals surface area contributed by atoms with Crippen molar-refractivity contribution in [3.8, 4) is 16.8 Å². The number of nitrogens with zero attached hydrogens (tertiary/aromatic N) is 2. The molecule has 0 atom stereocenters. The lowest BCUT2D eigenvalue weighted by molar-refractivity contribution is 0.852. The van der Waals surface area contributed by atoms with Crippen molar-refractivity contribution in [3.63, 3.8) is 0 Å². The maximum atomic E-state index is 5.72. The average molecular weight is 693 g/mol. The number of rotatable bonds is 5. The summed E-state index contributed by atoms with van der Waals surface area (Å²) in [5, 5.41) is 5.03. The molecular formula is C50H32N2S. The third-order valence-electron chi connectivity index (χ3n) is 11.1. The van der Waals surface area contributed by atoms with Gasteiger partial charge in [-0.05, 0) is 63.7 Å². The second-order valence-electron chi connectivity index (χ2n) is 13.8. The number of hydrogen-bond donors (Lipinski definition) is 0. The lowest BCUT2D eigenvalue weighted by Gasteiger charge is -2.34. The van der Waals surface area contributed by atoms with Crippen LogP contribution in [0.1, 0.15) is 22.3 Å². The highest BCUT2D eigenvalue weighted by molar-refractivity contribution is 7.26. The van der Waals surface area contributed by atoms with E-state index in [1.807, 2.05) is 11.3 Å². The van der Waals surface area contributed by atoms with Crippen molar-refractivity contribution in [2.45, 2.75) is 5.41 Å². The van der Waals surface area contributed by atoms with Crippen LogP contribution in [-0.2, 0) is 5.41 Å². The zero-order valence-corrected chi connectivity index (χ0v) is 29.6. The lowest BCUT2D eigenvalue weighted by Crippen LogP contribution is -2.36. The van der Waals surface area contributed by atoms with Gasteiger partial charge in [-0.2, -0.15) is 0 Å². The normalized spacial score (nSPS) is 13.5. The smallest absolute Gasteiger partial charge is 0.0901 e. The Morgan fingerprint density at radius 3 is 1.81 bits per heavy atom. The van der Waals surface area contributed by atoms with Gasteiger partial charge >= 0.3 is 0 Å². The Morgan fingerprint density at radius 1 is 0.453 bits per heavy atom. The van der Waals surface area contributed by atoms with Gasteiger partial charge in [0.25, 0.3) is 0 Å². The van der Waals surface area contributed by atoms with E-state index in [2.05, 4.69) is 199 Å². The van der Waals surface area contributed by atoms with E-state index in [9.17, 15) is 0 Å². The fourth-order valence-electron chi connectivity index (χ4n) is 8.83. The van der Waals surface area contributed by atoms with Crippen LogP contribution in [0.5, 0.6) is 0 Å². The monoisotopic (exact) mass is 692 g/mol. The maximum absolute atomic E-state index is 5.72. The number of fused-ring (bicyclic) bond motifs is 8. The molecule has 3 heteroatoms. The second kappa shape index (κ2) is 11.7. The molecule has 0 amide bonds. The zero-order valence-electron chi connectivity index (χ0n) is 28.8. The van der Waals surface area contributed by atoms with Gasteiger partial charge in [-0.25, -0.2) is 0 Å². The molecule has 2 aromatic heterocycles. The molecule has 0 aliphatic carbocycles. The molecule has 0 saturated carbocycles. The Bertz CT molecular complexity index is 2990. The minimum absolute atomic E-state index is 0.591. The molecule has 8 aromatic carbocycles. The molecular weight excluding hydrogens is 661 g/mol. The van der Waals surface area contributed by atoms with E-state index in [1.165, 1.54) is 64.3 Å². The SMILES string of the molecule is c1ccc(C2=Nc3c(ccc4c3c3ccccc3n4-c3ccc(-c4cccc5c4sc4ccccc45)cc3)C2(c2ccccc2)c2ccccc2)cc1. The van der Waals surface area contributed by atoms with E-state index < -0.39 is 5.41 Å². The van der Waals surface area contributed by atoms with E-state index in [0.29, 0.717) is 0 Å². The summed E-state index contributed by atoms with van der Waals surface area (Å²) in [7, 11) is 0. The maximum Gasteiger partial charge on any atom is 0.0901 e. The summed E-state index contributed by atoms with van der Waals surface area (Å²) in [5.41, 5.74) is 12.2. The summed E-state index contributed by atoms with van der Waals surface area (Å²) in [6.07, 6.45) is 0. The standard InChI is InChI=1S/C50H32N2S/c1-4-15-34(16-5-1)49-50(35-17-6-2-7-18-35,36-19-8-3-9-20-36)42-31-32-44-46(47(42)51-49)41-22-10-12-25-43(41)52(44)37-29-27-33(28-30-37)38-23-14-24-40-39-21-11-13-26-45(39)53-48(38)40/h1-32H. The molecule has 1 aliphatic heterocycles. The summed E-state index contributed by atoms with van der Waals surface area (Å²) < 4.78 is 5.07. The van der Waals surface area contributed by atoms with Gasteiger partial charge in [0.1, 0.15) is 0 Å². The highest BCUT2D eigenvalue weighted by Gasteiger charge is 2.48. The van der Waals surface area contributed by atoms with Crippen molar-refractivity contribution in [2.24, 2.45) is 4.99 Å². The first kappa shape index (κ1) is 30.1. The Labute approximate surface area is 311 Å². The first-order valence-corrected chi connectivity index (χ1v) is 19.0. The van der Waals surface area contributed by atoms with Gasteiger partial charge in [0.05, 0.1) is 27.8 Å². The number of para-hydroxylation sites is 1. The summed E-state index contributed by atoms with van der Waals surface area (Å²) in [6, 6.07) is 70.5. The van der Waals surface area contributed by atoms with Crippen molar-refractivity contribution < 1.29 is 0 Å². The molecule has 0 radical (unpaired) electrons. The molecule has 0 spiro atoms. The predicted octanol–water partition coefficient (Wildman–Crippen LogP) is 13.3. The average Bonchev–Trinajstić information content (AvgIpc) is 3.90. The minimum Gasteiger partial charge on any atom is -0.309 e. The quantitative estimate of drug-likeness (QED) is 0.171. The van der Waals surface area contributed by atoms with Crippen LogP contribution in [0.15, 0.2) is 199 Å². The zero-order chi connectivity index (χ0) is 34.9. The van der Waals surface area contributed by atoms with Crippen LogP contribution in [-0.4, -0.2) is 10.3 Å². The van der Waals surface area contributed by atoms with E-state index in [4.69, 9.17) is 4.99 Å². The van der Waals surface area contributed by atoms with Crippen LogP contribution >= 0.6 is 11.3 Å². The van der Waals surface area contributed by atoms with E-state index in [-0.39, 0.29) is 0 Å². The Balaban J connectivity index is 1.15. The molecule has 0 bridgehead atoms. The Hall–Kier alpha value is -6.55. The van der Waals surface area contributed by atoms with Crippen LogP contribution in [0, 0.1) is 0 Å². The minimum atomic E-state index is -0.591. The van der Waals surface area contributed by atoms with Gasteiger partial charge in [-0.15, -0.1) is 11.3 Å². The summed E-state index contributed by atoms with van der Waals surface area (Å²) in [4.78, 5) is 5.72.